The molecule has 6 aromatic carbocycles. The van der Waals surface area contributed by atoms with Gasteiger partial charge in [0.2, 0.25) is 0 Å². The number of aryl methyl sites for hydroxylation is 2. The summed E-state index contributed by atoms with van der Waals surface area (Å²) in [4.78, 5) is 10.3. The molecule has 0 unspecified atom stereocenters. The zero-order chi connectivity index (χ0) is 42.7. The minimum atomic E-state index is -0.926. The van der Waals surface area contributed by atoms with Gasteiger partial charge in [-0.3, -0.25) is 9.55 Å². The largest absolute Gasteiger partial charge is 0.507 e. The average molecular weight is 969 g/mol. The molecule has 1 N–H and O–H groups in total. The first-order valence-corrected chi connectivity index (χ1v) is 20.6. The zero-order valence-corrected chi connectivity index (χ0v) is 38.6. The van der Waals surface area contributed by atoms with Crippen LogP contribution >= 0.6 is 0 Å². The van der Waals surface area contributed by atoms with Crippen molar-refractivity contribution >= 4 is 11.0 Å². The van der Waals surface area contributed by atoms with Gasteiger partial charge in [0.1, 0.15) is 11.6 Å². The van der Waals surface area contributed by atoms with Crippen LogP contribution in [-0.2, 0) is 31.9 Å². The SMILES string of the molecule is [2H]C(C)(C)c1cc(-n2c(-c3cc(C)cc(C)c3O)nc3c(-c4[c-]c(-c5cc(-c6ccccc6)ccn5)cc(C(C)(C)C)c4)cccc32)ccc1-c1ccccc1C(C)(C)C.[Pt]. The number of fused-ring (bicyclic) bond motifs is 1. The van der Waals surface area contributed by atoms with E-state index in [4.69, 9.17) is 9.97 Å². The van der Waals surface area contributed by atoms with Crippen LogP contribution < -0.4 is 0 Å². The summed E-state index contributed by atoms with van der Waals surface area (Å²) >= 11 is 0. The third kappa shape index (κ3) is 8.15. The summed E-state index contributed by atoms with van der Waals surface area (Å²) in [5.74, 6) is -0.101. The Hall–Kier alpha value is -5.57. The molecule has 0 saturated heterocycles. The molecule has 2 aromatic heterocycles. The molecule has 60 heavy (non-hydrogen) atoms. The molecule has 0 aliphatic rings. The minimum absolute atomic E-state index is 0. The van der Waals surface area contributed by atoms with Crippen LogP contribution in [0.1, 0.15) is 90.5 Å². The van der Waals surface area contributed by atoms with Gasteiger partial charge in [0.15, 0.2) is 0 Å². The first-order valence-electron chi connectivity index (χ1n) is 21.1. The Kier molecular flexibility index (Phi) is 11.3. The van der Waals surface area contributed by atoms with Crippen molar-refractivity contribution in [1.82, 2.24) is 14.5 Å². The molecule has 0 fully saturated rings. The van der Waals surface area contributed by atoms with Gasteiger partial charge in [0.05, 0.1) is 16.6 Å². The molecule has 0 aliphatic carbocycles. The monoisotopic (exact) mass is 968 g/mol. The maximum atomic E-state index is 11.7. The molecule has 0 radical (unpaired) electrons. The molecule has 0 atom stereocenters. The number of hydrogen-bond donors (Lipinski definition) is 1. The Morgan fingerprint density at radius 2 is 1.37 bits per heavy atom. The summed E-state index contributed by atoms with van der Waals surface area (Å²) in [6, 6.07) is 48.1. The van der Waals surface area contributed by atoms with Crippen molar-refractivity contribution in [3.05, 3.63) is 167 Å². The fraction of sp³-hybridized carbons (Fsp3) is 0.236. The molecule has 0 spiro atoms. The van der Waals surface area contributed by atoms with Crippen molar-refractivity contribution in [2.45, 2.75) is 86.0 Å². The van der Waals surface area contributed by atoms with Gasteiger partial charge in [-0.25, -0.2) is 4.98 Å². The van der Waals surface area contributed by atoms with Crippen LogP contribution in [0.4, 0.5) is 0 Å². The number of benzene rings is 6. The number of aromatic nitrogens is 3. The number of nitrogens with zero attached hydrogens (tertiary/aromatic N) is 3. The number of pyridine rings is 1. The summed E-state index contributed by atoms with van der Waals surface area (Å²) in [7, 11) is 0. The number of hydrogen-bond acceptors (Lipinski definition) is 3. The Balaban J connectivity index is 0.00000561. The standard InChI is InChI=1S/C55H54N3O.Pt/c1-34(2)46-33-42(23-24-44(46)45-19-14-15-21-48(45)55(8,9)10)58-50-22-16-20-43(51(50)57-53(58)47-28-35(3)27-36(4)52(47)59)39-29-40(31-41(30-39)54(5,6)7)49-32-38(25-26-56-49)37-17-12-11-13-18-37;/h11-28,30-34,59H,1-10H3;/q-1;/i34D;. The molecular formula is C55H54N3OPt-. The molecule has 8 rings (SSSR count). The number of aromatic hydroxyl groups is 1. The summed E-state index contributed by atoms with van der Waals surface area (Å²) in [6.07, 6.45) is 1.87. The molecule has 4 nitrogen and oxygen atoms in total. The van der Waals surface area contributed by atoms with Crippen molar-refractivity contribution < 1.29 is 27.5 Å². The number of phenols is 1. The van der Waals surface area contributed by atoms with E-state index in [0.717, 1.165) is 83.6 Å². The quantitative estimate of drug-likeness (QED) is 0.162. The first kappa shape index (κ1) is 41.2. The number of rotatable bonds is 7. The Morgan fingerprint density at radius 3 is 2.08 bits per heavy atom. The number of para-hydroxylation sites is 1. The predicted octanol–water partition coefficient (Wildman–Crippen LogP) is 14.6. The van der Waals surface area contributed by atoms with Crippen LogP contribution in [0, 0.1) is 19.9 Å². The Bertz CT molecular complexity index is 2910. The first-order chi connectivity index (χ1) is 28.4. The van der Waals surface area contributed by atoms with E-state index in [1.54, 1.807) is 0 Å². The van der Waals surface area contributed by atoms with Gasteiger partial charge in [-0.2, -0.15) is 0 Å². The van der Waals surface area contributed by atoms with Gasteiger partial charge in [-0.1, -0.05) is 151 Å². The van der Waals surface area contributed by atoms with Crippen molar-refractivity contribution in [3.63, 3.8) is 0 Å². The van der Waals surface area contributed by atoms with Crippen LogP contribution in [0.5, 0.6) is 5.75 Å². The summed E-state index contributed by atoms with van der Waals surface area (Å²) in [5, 5.41) is 11.7. The number of imidazole rings is 1. The van der Waals surface area contributed by atoms with Gasteiger partial charge in [-0.05, 0) is 105 Å². The van der Waals surface area contributed by atoms with Crippen LogP contribution in [0.3, 0.4) is 0 Å². The Morgan fingerprint density at radius 1 is 0.667 bits per heavy atom. The van der Waals surface area contributed by atoms with E-state index in [1.165, 1.54) is 5.56 Å². The van der Waals surface area contributed by atoms with E-state index in [0.29, 0.717) is 11.4 Å². The second-order valence-electron chi connectivity index (χ2n) is 18.2. The van der Waals surface area contributed by atoms with Crippen molar-refractivity contribution in [1.29, 1.82) is 0 Å². The van der Waals surface area contributed by atoms with Crippen LogP contribution in [0.2, 0.25) is 0 Å². The van der Waals surface area contributed by atoms with Gasteiger partial charge >= 0.3 is 0 Å². The molecule has 0 amide bonds. The van der Waals surface area contributed by atoms with E-state index in [-0.39, 0.29) is 37.6 Å². The normalized spacial score (nSPS) is 12.3. The smallest absolute Gasteiger partial charge is 0.148 e. The van der Waals surface area contributed by atoms with E-state index >= 15 is 0 Å². The Labute approximate surface area is 372 Å². The van der Waals surface area contributed by atoms with Crippen LogP contribution in [-0.4, -0.2) is 19.6 Å². The molecular weight excluding hydrogens is 914 g/mol. The van der Waals surface area contributed by atoms with Crippen LogP contribution in [0.15, 0.2) is 134 Å². The average Bonchev–Trinajstić information content (AvgIpc) is 3.61. The van der Waals surface area contributed by atoms with E-state index in [9.17, 15) is 6.48 Å². The van der Waals surface area contributed by atoms with E-state index in [1.807, 2.05) is 58.2 Å². The predicted molar refractivity (Wildman–Crippen MR) is 248 cm³/mol. The van der Waals surface area contributed by atoms with Crippen LogP contribution in [0.25, 0.3) is 72.7 Å². The number of phenolic OH excluding ortho intramolecular Hbond substituents is 1. The minimum Gasteiger partial charge on any atom is -0.507 e. The summed E-state index contributed by atoms with van der Waals surface area (Å²) in [6.45, 7) is 21.3. The summed E-state index contributed by atoms with van der Waals surface area (Å²) < 4.78 is 11.6. The van der Waals surface area contributed by atoms with Gasteiger partial charge in [0.25, 0.3) is 0 Å². The third-order valence-electron chi connectivity index (χ3n) is 11.4. The topological polar surface area (TPSA) is 50.9 Å². The van der Waals surface area contributed by atoms with Crippen molar-refractivity contribution in [2.75, 3.05) is 0 Å². The summed E-state index contributed by atoms with van der Waals surface area (Å²) in [5.41, 5.74) is 16.1. The van der Waals surface area contributed by atoms with Crippen molar-refractivity contribution in [2.24, 2.45) is 0 Å². The maximum absolute atomic E-state index is 11.7. The van der Waals surface area contributed by atoms with E-state index < -0.39 is 5.89 Å². The van der Waals surface area contributed by atoms with Gasteiger partial charge in [-0.15, -0.1) is 29.3 Å². The molecule has 0 saturated carbocycles. The third-order valence-corrected chi connectivity index (χ3v) is 11.4. The van der Waals surface area contributed by atoms with E-state index in [2.05, 4.69) is 155 Å². The van der Waals surface area contributed by atoms with Gasteiger partial charge < -0.3 is 5.11 Å². The fourth-order valence-electron chi connectivity index (χ4n) is 8.25. The zero-order valence-electron chi connectivity index (χ0n) is 37.3. The second kappa shape index (κ2) is 16.5. The maximum Gasteiger partial charge on any atom is 0.148 e. The van der Waals surface area contributed by atoms with Gasteiger partial charge in [0, 0.05) is 40.0 Å². The molecule has 5 heteroatoms. The molecule has 0 aliphatic heterocycles. The fourth-order valence-corrected chi connectivity index (χ4v) is 8.25. The second-order valence-corrected chi connectivity index (χ2v) is 18.2. The molecule has 306 valence electrons. The molecule has 8 aromatic rings. The van der Waals surface area contributed by atoms with Crippen molar-refractivity contribution in [3.8, 4) is 67.5 Å². The molecule has 2 heterocycles. The molecule has 0 bridgehead atoms.